The van der Waals surface area contributed by atoms with E-state index in [1.54, 1.807) is 12.1 Å². The highest BCUT2D eigenvalue weighted by Gasteiger charge is 2.02. The molecular weight excluding hydrogens is 326 g/mol. The third kappa shape index (κ3) is 3.51. The van der Waals surface area contributed by atoms with E-state index in [-0.39, 0.29) is 0 Å². The highest BCUT2D eigenvalue weighted by molar-refractivity contribution is 9.10. The first-order chi connectivity index (χ1) is 9.58. The first-order valence-electron chi connectivity index (χ1n) is 6.04. The van der Waals surface area contributed by atoms with Crippen molar-refractivity contribution in [1.82, 2.24) is 9.55 Å². The van der Waals surface area contributed by atoms with Gasteiger partial charge in [0, 0.05) is 12.7 Å². The van der Waals surface area contributed by atoms with Crippen LogP contribution in [0.5, 0.6) is 5.75 Å². The number of hydrogen-bond acceptors (Lipinski definition) is 4. The number of rotatable bonds is 5. The van der Waals surface area contributed by atoms with Crippen molar-refractivity contribution in [3.8, 4) is 5.75 Å². The van der Waals surface area contributed by atoms with Gasteiger partial charge in [0.05, 0.1) is 16.8 Å². The molecule has 0 spiro atoms. The Morgan fingerprint density at radius 2 is 2.05 bits per heavy atom. The van der Waals surface area contributed by atoms with Crippen molar-refractivity contribution in [2.24, 2.45) is 0 Å². The van der Waals surface area contributed by atoms with Gasteiger partial charge >= 0.3 is 5.69 Å². The minimum atomic E-state index is -0.433. The van der Waals surface area contributed by atoms with Crippen LogP contribution in [0.3, 0.4) is 0 Å². The Morgan fingerprint density at radius 3 is 2.80 bits per heavy atom. The van der Waals surface area contributed by atoms with Crippen molar-refractivity contribution in [2.75, 3.05) is 12.3 Å². The quantitative estimate of drug-likeness (QED) is 0.635. The van der Waals surface area contributed by atoms with Crippen LogP contribution in [0.1, 0.15) is 6.42 Å². The van der Waals surface area contributed by atoms with Gasteiger partial charge in [-0.1, -0.05) is 12.1 Å². The Balaban J connectivity index is 1.91. The van der Waals surface area contributed by atoms with Gasteiger partial charge in [0.25, 0.3) is 5.56 Å². The fourth-order valence-corrected chi connectivity index (χ4v) is 2.02. The van der Waals surface area contributed by atoms with E-state index in [0.717, 1.165) is 0 Å². The van der Waals surface area contributed by atoms with Crippen LogP contribution in [-0.2, 0) is 6.54 Å². The number of nitrogens with one attached hydrogen (secondary N) is 1. The molecule has 1 heterocycles. The second kappa shape index (κ2) is 6.42. The SMILES string of the molecule is Nc1ccccc1OCCCn1cc(Br)c(=O)[nH]c1=O. The van der Waals surface area contributed by atoms with E-state index in [9.17, 15) is 9.59 Å². The van der Waals surface area contributed by atoms with Crippen LogP contribution in [0, 0.1) is 0 Å². The molecule has 0 aliphatic heterocycles. The van der Waals surface area contributed by atoms with Gasteiger partial charge in [-0.3, -0.25) is 14.3 Å². The van der Waals surface area contributed by atoms with Gasteiger partial charge in [0.2, 0.25) is 0 Å². The number of aromatic nitrogens is 2. The molecule has 2 aromatic rings. The fraction of sp³-hybridized carbons (Fsp3) is 0.231. The highest BCUT2D eigenvalue weighted by atomic mass is 79.9. The molecule has 0 aliphatic carbocycles. The number of anilines is 1. The summed E-state index contributed by atoms with van der Waals surface area (Å²) in [5, 5.41) is 0. The minimum Gasteiger partial charge on any atom is -0.491 e. The molecule has 3 N–H and O–H groups in total. The number of aryl methyl sites for hydroxylation is 1. The number of aromatic amines is 1. The summed E-state index contributed by atoms with van der Waals surface area (Å²) >= 11 is 3.08. The van der Waals surface area contributed by atoms with Crippen molar-refractivity contribution >= 4 is 21.6 Å². The lowest BCUT2D eigenvalue weighted by molar-refractivity contribution is 0.302. The van der Waals surface area contributed by atoms with Crippen LogP contribution in [-0.4, -0.2) is 16.2 Å². The monoisotopic (exact) mass is 339 g/mol. The smallest absolute Gasteiger partial charge is 0.328 e. The lowest BCUT2D eigenvalue weighted by atomic mass is 10.3. The number of nitrogen functional groups attached to an aromatic ring is 1. The molecule has 0 radical (unpaired) electrons. The van der Waals surface area contributed by atoms with Crippen LogP contribution in [0.25, 0.3) is 0 Å². The lowest BCUT2D eigenvalue weighted by Gasteiger charge is -2.09. The number of ether oxygens (including phenoxy) is 1. The van der Waals surface area contributed by atoms with E-state index in [0.29, 0.717) is 35.5 Å². The van der Waals surface area contributed by atoms with Gasteiger partial charge in [-0.2, -0.15) is 0 Å². The van der Waals surface area contributed by atoms with Crippen molar-refractivity contribution in [3.63, 3.8) is 0 Å². The Hall–Kier alpha value is -2.02. The van der Waals surface area contributed by atoms with Gasteiger partial charge < -0.3 is 10.5 Å². The number of nitrogens with two attached hydrogens (primary N) is 1. The van der Waals surface area contributed by atoms with Crippen LogP contribution >= 0.6 is 15.9 Å². The largest absolute Gasteiger partial charge is 0.491 e. The Kier molecular flexibility index (Phi) is 4.62. The maximum absolute atomic E-state index is 11.5. The maximum atomic E-state index is 11.5. The molecule has 2 rings (SSSR count). The standard InChI is InChI=1S/C13H14BrN3O3/c14-9-8-17(13(19)16-12(9)18)6-3-7-20-11-5-2-1-4-10(11)15/h1-2,4-5,8H,3,6-7,15H2,(H,16,18,19). The van der Waals surface area contributed by atoms with Gasteiger partial charge in [-0.25, -0.2) is 4.79 Å². The lowest BCUT2D eigenvalue weighted by Crippen LogP contribution is -2.30. The minimum absolute atomic E-state index is 0.324. The van der Waals surface area contributed by atoms with Crippen LogP contribution in [0.15, 0.2) is 44.5 Å². The molecule has 0 unspecified atom stereocenters. The van der Waals surface area contributed by atoms with E-state index in [1.165, 1.54) is 10.8 Å². The number of benzene rings is 1. The predicted molar refractivity (Wildman–Crippen MR) is 80.0 cm³/mol. The zero-order chi connectivity index (χ0) is 14.5. The topological polar surface area (TPSA) is 90.1 Å². The van der Waals surface area contributed by atoms with E-state index in [2.05, 4.69) is 20.9 Å². The number of nitrogens with zero attached hydrogens (tertiary/aromatic N) is 1. The summed E-state index contributed by atoms with van der Waals surface area (Å²) in [4.78, 5) is 24.9. The predicted octanol–water partition coefficient (Wildman–Crippen LogP) is 1.35. The molecule has 1 aromatic heterocycles. The zero-order valence-electron chi connectivity index (χ0n) is 10.6. The van der Waals surface area contributed by atoms with Crippen molar-refractivity contribution in [3.05, 3.63) is 55.8 Å². The first-order valence-corrected chi connectivity index (χ1v) is 6.84. The molecular formula is C13H14BrN3O3. The van der Waals surface area contributed by atoms with Gasteiger partial charge in [0.15, 0.2) is 0 Å². The summed E-state index contributed by atoms with van der Waals surface area (Å²) < 4.78 is 7.27. The molecule has 1 aromatic carbocycles. The second-order valence-electron chi connectivity index (χ2n) is 4.17. The molecule has 6 nitrogen and oxygen atoms in total. The number of halogens is 1. The summed E-state index contributed by atoms with van der Waals surface area (Å²) in [6.45, 7) is 0.873. The van der Waals surface area contributed by atoms with Crippen LogP contribution < -0.4 is 21.7 Å². The highest BCUT2D eigenvalue weighted by Crippen LogP contribution is 2.19. The van der Waals surface area contributed by atoms with Crippen molar-refractivity contribution < 1.29 is 4.74 Å². The maximum Gasteiger partial charge on any atom is 0.328 e. The number of H-pyrrole nitrogens is 1. The molecule has 20 heavy (non-hydrogen) atoms. The molecule has 0 atom stereocenters. The average Bonchev–Trinajstić information content (AvgIpc) is 2.42. The molecule has 106 valence electrons. The number of hydrogen-bond donors (Lipinski definition) is 2. The summed E-state index contributed by atoms with van der Waals surface area (Å²) in [6, 6.07) is 7.23. The third-order valence-corrected chi connectivity index (χ3v) is 3.25. The zero-order valence-corrected chi connectivity index (χ0v) is 12.2. The summed E-state index contributed by atoms with van der Waals surface area (Å²) in [5.74, 6) is 0.627. The third-order valence-electron chi connectivity index (χ3n) is 2.69. The van der Waals surface area contributed by atoms with Gasteiger partial charge in [-0.05, 0) is 34.5 Å². The van der Waals surface area contributed by atoms with Crippen molar-refractivity contribution in [2.45, 2.75) is 13.0 Å². The van der Waals surface area contributed by atoms with Crippen LogP contribution in [0.2, 0.25) is 0 Å². The summed E-state index contributed by atoms with van der Waals surface area (Å²) in [5.41, 5.74) is 5.46. The molecule has 7 heteroatoms. The summed E-state index contributed by atoms with van der Waals surface area (Å²) in [6.07, 6.45) is 2.09. The molecule has 0 amide bonds. The van der Waals surface area contributed by atoms with Crippen LogP contribution in [0.4, 0.5) is 5.69 Å². The Morgan fingerprint density at radius 1 is 1.30 bits per heavy atom. The van der Waals surface area contributed by atoms with E-state index in [4.69, 9.17) is 10.5 Å². The second-order valence-corrected chi connectivity index (χ2v) is 5.02. The molecule has 0 saturated heterocycles. The molecule has 0 saturated carbocycles. The first kappa shape index (κ1) is 14.4. The average molecular weight is 340 g/mol. The number of para-hydroxylation sites is 2. The van der Waals surface area contributed by atoms with Crippen molar-refractivity contribution in [1.29, 1.82) is 0 Å². The van der Waals surface area contributed by atoms with E-state index in [1.807, 2.05) is 12.1 Å². The molecule has 0 bridgehead atoms. The summed E-state index contributed by atoms with van der Waals surface area (Å²) in [7, 11) is 0. The normalized spacial score (nSPS) is 10.4. The van der Waals surface area contributed by atoms with E-state index >= 15 is 0 Å². The van der Waals surface area contributed by atoms with Gasteiger partial charge in [-0.15, -0.1) is 0 Å². The molecule has 0 aliphatic rings. The Labute approximate surface area is 123 Å². The van der Waals surface area contributed by atoms with E-state index < -0.39 is 11.2 Å². The van der Waals surface area contributed by atoms with Gasteiger partial charge in [0.1, 0.15) is 5.75 Å². The fourth-order valence-electron chi connectivity index (χ4n) is 1.68. The Bertz CT molecular complexity index is 708. The molecule has 0 fully saturated rings.